The van der Waals surface area contributed by atoms with Crippen LogP contribution in [0.15, 0.2) is 0 Å². The van der Waals surface area contributed by atoms with E-state index in [2.05, 4.69) is 43.2 Å². The smallest absolute Gasteiger partial charge is 0.237 e. The first-order chi connectivity index (χ1) is 9.41. The molecule has 0 aromatic rings. The van der Waals surface area contributed by atoms with Gasteiger partial charge in [0, 0.05) is 19.1 Å². The van der Waals surface area contributed by atoms with Gasteiger partial charge in [0.1, 0.15) is 0 Å². The average Bonchev–Trinajstić information content (AvgIpc) is 2.42. The SMILES string of the molecule is CC(C)CNC(=O)C(C)N(CC1CCNCC1)C(C)C. The molecule has 1 aliphatic heterocycles. The lowest BCUT2D eigenvalue weighted by atomic mass is 9.96. The first-order valence-corrected chi connectivity index (χ1v) is 8.16. The summed E-state index contributed by atoms with van der Waals surface area (Å²) >= 11 is 0. The van der Waals surface area contributed by atoms with E-state index in [0.717, 1.165) is 32.1 Å². The summed E-state index contributed by atoms with van der Waals surface area (Å²) in [6.07, 6.45) is 2.45. The Labute approximate surface area is 124 Å². The molecule has 1 unspecified atom stereocenters. The third-order valence-electron chi connectivity index (χ3n) is 4.15. The molecule has 0 saturated carbocycles. The molecule has 0 spiro atoms. The van der Waals surface area contributed by atoms with Gasteiger partial charge in [0.25, 0.3) is 0 Å². The van der Waals surface area contributed by atoms with Gasteiger partial charge in [-0.25, -0.2) is 0 Å². The van der Waals surface area contributed by atoms with Crippen LogP contribution in [0.2, 0.25) is 0 Å². The summed E-state index contributed by atoms with van der Waals surface area (Å²) in [6, 6.07) is 0.369. The van der Waals surface area contributed by atoms with Crippen LogP contribution in [0, 0.1) is 11.8 Å². The summed E-state index contributed by atoms with van der Waals surface area (Å²) in [4.78, 5) is 14.6. The minimum atomic E-state index is -0.0383. The fraction of sp³-hybridized carbons (Fsp3) is 0.938. The van der Waals surface area contributed by atoms with Gasteiger partial charge in [-0.15, -0.1) is 0 Å². The highest BCUT2D eigenvalue weighted by Crippen LogP contribution is 2.17. The predicted molar refractivity (Wildman–Crippen MR) is 84.7 cm³/mol. The topological polar surface area (TPSA) is 44.4 Å². The van der Waals surface area contributed by atoms with E-state index in [1.165, 1.54) is 12.8 Å². The zero-order valence-electron chi connectivity index (χ0n) is 13.9. The van der Waals surface area contributed by atoms with E-state index in [1.54, 1.807) is 0 Å². The normalized spacial score (nSPS) is 18.8. The molecule has 4 nitrogen and oxygen atoms in total. The third-order valence-corrected chi connectivity index (χ3v) is 4.15. The molecule has 0 aliphatic carbocycles. The van der Waals surface area contributed by atoms with Crippen molar-refractivity contribution in [3.05, 3.63) is 0 Å². The number of piperidine rings is 1. The molecule has 0 radical (unpaired) electrons. The zero-order chi connectivity index (χ0) is 15.1. The van der Waals surface area contributed by atoms with Gasteiger partial charge in [0.2, 0.25) is 5.91 Å². The summed E-state index contributed by atoms with van der Waals surface area (Å²) in [5, 5.41) is 6.47. The van der Waals surface area contributed by atoms with E-state index in [0.29, 0.717) is 12.0 Å². The molecule has 2 N–H and O–H groups in total. The van der Waals surface area contributed by atoms with Crippen LogP contribution in [0.5, 0.6) is 0 Å². The average molecular weight is 283 g/mol. The molecule has 0 aromatic carbocycles. The standard InChI is InChI=1S/C16H33N3O/c1-12(2)10-18-16(20)14(5)19(13(3)4)11-15-6-8-17-9-7-15/h12-15,17H,6-11H2,1-5H3,(H,18,20). The van der Waals surface area contributed by atoms with Gasteiger partial charge in [-0.05, 0) is 58.5 Å². The Morgan fingerprint density at radius 1 is 1.20 bits per heavy atom. The van der Waals surface area contributed by atoms with Crippen LogP contribution >= 0.6 is 0 Å². The molecular weight excluding hydrogens is 250 g/mol. The van der Waals surface area contributed by atoms with Gasteiger partial charge < -0.3 is 10.6 Å². The van der Waals surface area contributed by atoms with Crippen LogP contribution in [0.4, 0.5) is 0 Å². The summed E-state index contributed by atoms with van der Waals surface area (Å²) in [5.41, 5.74) is 0. The second-order valence-electron chi connectivity index (χ2n) is 6.80. The Morgan fingerprint density at radius 3 is 2.30 bits per heavy atom. The van der Waals surface area contributed by atoms with E-state index < -0.39 is 0 Å². The minimum Gasteiger partial charge on any atom is -0.354 e. The minimum absolute atomic E-state index is 0.0383. The van der Waals surface area contributed by atoms with Crippen LogP contribution in [-0.2, 0) is 4.79 Å². The summed E-state index contributed by atoms with van der Waals surface area (Å²) < 4.78 is 0. The molecule has 0 bridgehead atoms. The van der Waals surface area contributed by atoms with Crippen molar-refractivity contribution < 1.29 is 4.79 Å². The summed E-state index contributed by atoms with van der Waals surface area (Å²) in [6.45, 7) is 14.7. The number of nitrogens with zero attached hydrogens (tertiary/aromatic N) is 1. The Bertz CT molecular complexity index is 285. The molecule has 1 atom stereocenters. The number of amides is 1. The maximum Gasteiger partial charge on any atom is 0.237 e. The van der Waals surface area contributed by atoms with E-state index in [-0.39, 0.29) is 11.9 Å². The van der Waals surface area contributed by atoms with Crippen molar-refractivity contribution in [1.82, 2.24) is 15.5 Å². The van der Waals surface area contributed by atoms with Gasteiger partial charge in [-0.3, -0.25) is 9.69 Å². The molecule has 1 heterocycles. The lowest BCUT2D eigenvalue weighted by Crippen LogP contribution is -2.51. The van der Waals surface area contributed by atoms with Gasteiger partial charge in [-0.1, -0.05) is 13.8 Å². The molecule has 1 fully saturated rings. The monoisotopic (exact) mass is 283 g/mol. The second-order valence-corrected chi connectivity index (χ2v) is 6.80. The summed E-state index contributed by atoms with van der Waals surface area (Å²) in [7, 11) is 0. The first kappa shape index (κ1) is 17.4. The van der Waals surface area contributed by atoms with Crippen LogP contribution < -0.4 is 10.6 Å². The van der Waals surface area contributed by atoms with Crippen LogP contribution in [0.3, 0.4) is 0 Å². The predicted octanol–water partition coefficient (Wildman–Crippen LogP) is 1.86. The van der Waals surface area contributed by atoms with Crippen LogP contribution in [-0.4, -0.2) is 49.1 Å². The Kier molecular flexibility index (Phi) is 7.52. The van der Waals surface area contributed by atoms with E-state index in [1.807, 2.05) is 6.92 Å². The van der Waals surface area contributed by atoms with Crippen LogP contribution in [0.1, 0.15) is 47.5 Å². The van der Waals surface area contributed by atoms with Crippen molar-refractivity contribution in [2.75, 3.05) is 26.2 Å². The number of carbonyl (C=O) groups is 1. The van der Waals surface area contributed by atoms with Crippen molar-refractivity contribution in [1.29, 1.82) is 0 Å². The maximum absolute atomic E-state index is 12.3. The van der Waals surface area contributed by atoms with Gasteiger partial charge in [0.15, 0.2) is 0 Å². The van der Waals surface area contributed by atoms with Crippen LogP contribution in [0.25, 0.3) is 0 Å². The molecule has 20 heavy (non-hydrogen) atoms. The Morgan fingerprint density at radius 2 is 1.80 bits per heavy atom. The van der Waals surface area contributed by atoms with Crippen molar-refractivity contribution in [3.63, 3.8) is 0 Å². The van der Waals surface area contributed by atoms with E-state index >= 15 is 0 Å². The largest absolute Gasteiger partial charge is 0.354 e. The van der Waals surface area contributed by atoms with Gasteiger partial charge in [-0.2, -0.15) is 0 Å². The maximum atomic E-state index is 12.3. The molecule has 1 amide bonds. The number of nitrogens with one attached hydrogen (secondary N) is 2. The van der Waals surface area contributed by atoms with E-state index in [9.17, 15) is 4.79 Å². The molecule has 1 saturated heterocycles. The van der Waals surface area contributed by atoms with Crippen molar-refractivity contribution in [2.24, 2.45) is 11.8 Å². The molecule has 118 valence electrons. The van der Waals surface area contributed by atoms with Crippen molar-refractivity contribution >= 4 is 5.91 Å². The van der Waals surface area contributed by atoms with Gasteiger partial charge >= 0.3 is 0 Å². The fourth-order valence-electron chi connectivity index (χ4n) is 2.78. The second kappa shape index (κ2) is 8.63. The molecule has 1 aliphatic rings. The highest BCUT2D eigenvalue weighted by Gasteiger charge is 2.26. The third kappa shape index (κ3) is 5.80. The Hall–Kier alpha value is -0.610. The zero-order valence-corrected chi connectivity index (χ0v) is 13.9. The highest BCUT2D eigenvalue weighted by molar-refractivity contribution is 5.81. The number of carbonyl (C=O) groups excluding carboxylic acids is 1. The fourth-order valence-corrected chi connectivity index (χ4v) is 2.78. The van der Waals surface area contributed by atoms with Crippen molar-refractivity contribution in [2.45, 2.75) is 59.5 Å². The lowest BCUT2D eigenvalue weighted by molar-refractivity contribution is -0.127. The molecular formula is C16H33N3O. The van der Waals surface area contributed by atoms with E-state index in [4.69, 9.17) is 0 Å². The number of rotatable bonds is 7. The highest BCUT2D eigenvalue weighted by atomic mass is 16.2. The Balaban J connectivity index is 2.52. The van der Waals surface area contributed by atoms with Crippen molar-refractivity contribution in [3.8, 4) is 0 Å². The number of hydrogen-bond acceptors (Lipinski definition) is 3. The summed E-state index contributed by atoms with van der Waals surface area (Å²) in [5.74, 6) is 1.39. The molecule has 1 rings (SSSR count). The first-order valence-electron chi connectivity index (χ1n) is 8.16. The lowest BCUT2D eigenvalue weighted by Gasteiger charge is -2.36. The van der Waals surface area contributed by atoms with Gasteiger partial charge in [0.05, 0.1) is 6.04 Å². The quantitative estimate of drug-likeness (QED) is 0.749. The molecule has 0 aromatic heterocycles. The molecule has 4 heteroatoms. The number of hydrogen-bond donors (Lipinski definition) is 2.